The third kappa shape index (κ3) is 3.70. The van der Waals surface area contributed by atoms with Crippen molar-refractivity contribution in [2.75, 3.05) is 7.11 Å². The van der Waals surface area contributed by atoms with Crippen molar-refractivity contribution in [1.29, 1.82) is 0 Å². The van der Waals surface area contributed by atoms with E-state index in [2.05, 4.69) is 26.1 Å². The van der Waals surface area contributed by atoms with Gasteiger partial charge in [0.15, 0.2) is 11.6 Å². The molecule has 4 heteroatoms. The summed E-state index contributed by atoms with van der Waals surface area (Å²) in [6.07, 6.45) is 2.53. The Bertz CT molecular complexity index is 442. The summed E-state index contributed by atoms with van der Waals surface area (Å²) in [5.41, 5.74) is 0.940. The van der Waals surface area contributed by atoms with E-state index in [1.165, 1.54) is 7.11 Å². The number of nitrogens with one attached hydrogen (secondary N) is 1. The van der Waals surface area contributed by atoms with Crippen LogP contribution < -0.4 is 10.1 Å². The first-order valence-electron chi connectivity index (χ1n) is 7.24. The monoisotopic (exact) mass is 281 g/mol. The number of halogens is 1. The van der Waals surface area contributed by atoms with Crippen LogP contribution in [0.2, 0.25) is 0 Å². The first kappa shape index (κ1) is 15.3. The third-order valence-corrected chi connectivity index (χ3v) is 3.86. The molecule has 0 aromatic heterocycles. The highest BCUT2D eigenvalue weighted by molar-refractivity contribution is 5.30. The first-order chi connectivity index (χ1) is 9.49. The van der Waals surface area contributed by atoms with E-state index >= 15 is 0 Å². The molecule has 1 aromatic carbocycles. The van der Waals surface area contributed by atoms with Gasteiger partial charge in [-0.1, -0.05) is 6.07 Å². The zero-order valence-corrected chi connectivity index (χ0v) is 12.7. The van der Waals surface area contributed by atoms with Gasteiger partial charge < -0.3 is 14.8 Å². The van der Waals surface area contributed by atoms with E-state index in [9.17, 15) is 4.39 Å². The lowest BCUT2D eigenvalue weighted by molar-refractivity contribution is -0.0433. The predicted octanol–water partition coefficient (Wildman–Crippen LogP) is 3.44. The summed E-state index contributed by atoms with van der Waals surface area (Å²) in [5, 5.41) is 3.57. The fourth-order valence-electron chi connectivity index (χ4n) is 2.94. The second-order valence-electron chi connectivity index (χ2n) is 5.71. The molecule has 2 rings (SSSR count). The lowest BCUT2D eigenvalue weighted by Gasteiger charge is -2.34. The lowest BCUT2D eigenvalue weighted by Crippen LogP contribution is -2.42. The highest BCUT2D eigenvalue weighted by Gasteiger charge is 2.25. The maximum atomic E-state index is 13.7. The molecule has 1 aromatic rings. The molecule has 0 radical (unpaired) electrons. The van der Waals surface area contributed by atoms with E-state index in [1.807, 2.05) is 6.07 Å². The second-order valence-corrected chi connectivity index (χ2v) is 5.71. The van der Waals surface area contributed by atoms with Crippen LogP contribution in [0.25, 0.3) is 0 Å². The summed E-state index contributed by atoms with van der Waals surface area (Å²) < 4.78 is 24.4. The number of benzene rings is 1. The minimum Gasteiger partial charge on any atom is -0.494 e. The molecule has 112 valence electrons. The van der Waals surface area contributed by atoms with Gasteiger partial charge in [0.1, 0.15) is 0 Å². The van der Waals surface area contributed by atoms with Gasteiger partial charge in [0, 0.05) is 12.1 Å². The van der Waals surface area contributed by atoms with Gasteiger partial charge in [-0.3, -0.25) is 0 Å². The molecular formula is C16H24FNO2. The molecule has 1 N–H and O–H groups in total. The van der Waals surface area contributed by atoms with Crippen molar-refractivity contribution in [3.05, 3.63) is 29.6 Å². The Morgan fingerprint density at radius 2 is 1.95 bits per heavy atom. The zero-order chi connectivity index (χ0) is 14.7. The zero-order valence-electron chi connectivity index (χ0n) is 12.7. The van der Waals surface area contributed by atoms with Crippen molar-refractivity contribution >= 4 is 0 Å². The summed E-state index contributed by atoms with van der Waals surface area (Å²) in [6, 6.07) is 5.65. The van der Waals surface area contributed by atoms with Crippen LogP contribution in [0.15, 0.2) is 18.2 Å². The maximum absolute atomic E-state index is 13.7. The fourth-order valence-corrected chi connectivity index (χ4v) is 2.94. The van der Waals surface area contributed by atoms with Gasteiger partial charge in [0.05, 0.1) is 19.3 Å². The van der Waals surface area contributed by atoms with Crippen molar-refractivity contribution in [2.45, 2.75) is 57.9 Å². The molecule has 0 aliphatic carbocycles. The Kier molecular flexibility index (Phi) is 5.00. The van der Waals surface area contributed by atoms with Gasteiger partial charge in [0.25, 0.3) is 0 Å². The summed E-state index contributed by atoms with van der Waals surface area (Å²) in [4.78, 5) is 0. The van der Waals surface area contributed by atoms with Crippen molar-refractivity contribution in [2.24, 2.45) is 0 Å². The minimum absolute atomic E-state index is 0.109. The average molecular weight is 281 g/mol. The lowest BCUT2D eigenvalue weighted by atomic mass is 9.97. The van der Waals surface area contributed by atoms with Crippen LogP contribution in [0, 0.1) is 5.82 Å². The van der Waals surface area contributed by atoms with Crippen molar-refractivity contribution < 1.29 is 13.9 Å². The summed E-state index contributed by atoms with van der Waals surface area (Å²) in [6.45, 7) is 6.26. The SMILES string of the molecule is COc1ccc(C(C)NC2CC(C)OC(C)C2)cc1F. The number of hydrogen-bond donors (Lipinski definition) is 1. The first-order valence-corrected chi connectivity index (χ1v) is 7.24. The van der Waals surface area contributed by atoms with Crippen LogP contribution in [-0.2, 0) is 4.74 Å². The van der Waals surface area contributed by atoms with Gasteiger partial charge in [-0.15, -0.1) is 0 Å². The van der Waals surface area contributed by atoms with Crippen LogP contribution in [0.1, 0.15) is 45.2 Å². The van der Waals surface area contributed by atoms with Gasteiger partial charge in [-0.25, -0.2) is 4.39 Å². The Labute approximate surface area is 120 Å². The summed E-state index contributed by atoms with van der Waals surface area (Å²) >= 11 is 0. The number of rotatable bonds is 4. The highest BCUT2D eigenvalue weighted by Crippen LogP contribution is 2.25. The van der Waals surface area contributed by atoms with E-state index in [0.29, 0.717) is 6.04 Å². The van der Waals surface area contributed by atoms with Gasteiger partial charge >= 0.3 is 0 Å². The molecule has 1 fully saturated rings. The van der Waals surface area contributed by atoms with Crippen molar-refractivity contribution in [1.82, 2.24) is 5.32 Å². The molecule has 3 unspecified atom stereocenters. The van der Waals surface area contributed by atoms with Crippen molar-refractivity contribution in [3.63, 3.8) is 0 Å². The quantitative estimate of drug-likeness (QED) is 0.917. The second kappa shape index (κ2) is 6.55. The molecule has 3 nitrogen and oxygen atoms in total. The third-order valence-electron chi connectivity index (χ3n) is 3.86. The normalized spacial score (nSPS) is 28.1. The Hall–Kier alpha value is -1.13. The molecule has 0 bridgehead atoms. The molecule has 3 atom stereocenters. The van der Waals surface area contributed by atoms with Crippen LogP contribution in [0.3, 0.4) is 0 Å². The average Bonchev–Trinajstić information content (AvgIpc) is 2.37. The standard InChI is InChI=1S/C16H24FNO2/c1-10-7-14(8-11(2)20-10)18-12(3)13-5-6-16(19-4)15(17)9-13/h5-6,9-12,14,18H,7-8H2,1-4H3. The topological polar surface area (TPSA) is 30.5 Å². The van der Waals surface area contributed by atoms with Crippen LogP contribution in [0.5, 0.6) is 5.75 Å². The van der Waals surface area contributed by atoms with E-state index in [-0.39, 0.29) is 29.8 Å². The van der Waals surface area contributed by atoms with Crippen LogP contribution in [-0.4, -0.2) is 25.4 Å². The van der Waals surface area contributed by atoms with Gasteiger partial charge in [-0.2, -0.15) is 0 Å². The molecule has 20 heavy (non-hydrogen) atoms. The van der Waals surface area contributed by atoms with Crippen molar-refractivity contribution in [3.8, 4) is 5.75 Å². The smallest absolute Gasteiger partial charge is 0.165 e. The molecular weight excluding hydrogens is 257 g/mol. The predicted molar refractivity (Wildman–Crippen MR) is 77.5 cm³/mol. The van der Waals surface area contributed by atoms with Gasteiger partial charge in [-0.05, 0) is 51.3 Å². The molecule has 1 aliphatic rings. The molecule has 1 aliphatic heterocycles. The fraction of sp³-hybridized carbons (Fsp3) is 0.625. The minimum atomic E-state index is -0.313. The van der Waals surface area contributed by atoms with E-state index < -0.39 is 0 Å². The molecule has 0 spiro atoms. The van der Waals surface area contributed by atoms with Crippen LogP contribution in [0.4, 0.5) is 4.39 Å². The Morgan fingerprint density at radius 1 is 1.30 bits per heavy atom. The maximum Gasteiger partial charge on any atom is 0.165 e. The van der Waals surface area contributed by atoms with E-state index in [1.54, 1.807) is 12.1 Å². The molecule has 0 amide bonds. The van der Waals surface area contributed by atoms with Crippen LogP contribution >= 0.6 is 0 Å². The van der Waals surface area contributed by atoms with E-state index in [0.717, 1.165) is 18.4 Å². The number of methoxy groups -OCH3 is 1. The molecule has 0 saturated carbocycles. The highest BCUT2D eigenvalue weighted by atomic mass is 19.1. The van der Waals surface area contributed by atoms with E-state index in [4.69, 9.17) is 9.47 Å². The molecule has 1 heterocycles. The van der Waals surface area contributed by atoms with Gasteiger partial charge in [0.2, 0.25) is 0 Å². The number of ether oxygens (including phenoxy) is 2. The molecule has 1 saturated heterocycles. The number of hydrogen-bond acceptors (Lipinski definition) is 3. The Morgan fingerprint density at radius 3 is 2.50 bits per heavy atom. The largest absolute Gasteiger partial charge is 0.494 e. The summed E-state index contributed by atoms with van der Waals surface area (Å²) in [5.74, 6) is -0.0263. The summed E-state index contributed by atoms with van der Waals surface area (Å²) in [7, 11) is 1.48. The Balaban J connectivity index is 2.00.